The summed E-state index contributed by atoms with van der Waals surface area (Å²) in [5.74, 6) is -0.815. The number of imidazole rings is 1. The number of aromatic amines is 1. The van der Waals surface area contributed by atoms with Crippen LogP contribution in [0.5, 0.6) is 0 Å². The number of thiazole rings is 1. The van der Waals surface area contributed by atoms with Gasteiger partial charge in [0.05, 0.1) is 6.54 Å². The average Bonchev–Trinajstić information content (AvgIpc) is 2.95. The molecule has 0 fully saturated rings. The zero-order valence-corrected chi connectivity index (χ0v) is 10.2. The van der Waals surface area contributed by atoms with E-state index in [-0.39, 0.29) is 16.4 Å². The molecule has 8 heteroatoms. The van der Waals surface area contributed by atoms with Gasteiger partial charge < -0.3 is 15.4 Å². The summed E-state index contributed by atoms with van der Waals surface area (Å²) in [5, 5.41) is 12.2. The van der Waals surface area contributed by atoms with Gasteiger partial charge >= 0.3 is 5.97 Å². The molecule has 0 radical (unpaired) electrons. The summed E-state index contributed by atoms with van der Waals surface area (Å²) >= 11 is 1.02. The van der Waals surface area contributed by atoms with Crippen LogP contribution < -0.4 is 5.32 Å². The molecule has 2 heterocycles. The molecular weight excluding hydrogens is 256 g/mol. The molecule has 2 rings (SSSR count). The van der Waals surface area contributed by atoms with Crippen molar-refractivity contribution in [2.24, 2.45) is 0 Å². The third kappa shape index (κ3) is 2.54. The van der Waals surface area contributed by atoms with Gasteiger partial charge in [-0.05, 0) is 0 Å². The van der Waals surface area contributed by atoms with Crippen LogP contribution in [0.4, 0.5) is 5.13 Å². The standard InChI is InChI=1S/C10H10N4O3S/c1-5(15)8-7(9(16)17)14-10(18-8)13-4-6-11-2-3-12-6/h2-3H,4H2,1H3,(H,11,12)(H,13,14)(H,16,17). The van der Waals surface area contributed by atoms with Gasteiger partial charge in [0.15, 0.2) is 16.6 Å². The molecule has 0 aromatic carbocycles. The van der Waals surface area contributed by atoms with Gasteiger partial charge in [-0.2, -0.15) is 0 Å². The van der Waals surface area contributed by atoms with Crippen molar-refractivity contribution in [3.8, 4) is 0 Å². The highest BCUT2D eigenvalue weighted by Gasteiger charge is 2.20. The second-order valence-electron chi connectivity index (χ2n) is 3.45. The Morgan fingerprint density at radius 3 is 2.83 bits per heavy atom. The number of aromatic nitrogens is 3. The fraction of sp³-hybridized carbons (Fsp3) is 0.200. The van der Waals surface area contributed by atoms with Gasteiger partial charge in [-0.3, -0.25) is 4.79 Å². The Kier molecular flexibility index (Phi) is 3.38. The van der Waals surface area contributed by atoms with Crippen LogP contribution in [0.15, 0.2) is 12.4 Å². The molecule has 18 heavy (non-hydrogen) atoms. The molecule has 0 aliphatic heterocycles. The Morgan fingerprint density at radius 1 is 1.56 bits per heavy atom. The number of carboxylic acid groups (broad SMARTS) is 1. The number of rotatable bonds is 5. The monoisotopic (exact) mass is 266 g/mol. The number of nitrogens with one attached hydrogen (secondary N) is 2. The molecule has 0 bridgehead atoms. The van der Waals surface area contributed by atoms with Gasteiger partial charge in [0, 0.05) is 19.3 Å². The Labute approximate surface area is 106 Å². The van der Waals surface area contributed by atoms with Crippen LogP contribution >= 0.6 is 11.3 Å². The smallest absolute Gasteiger partial charge is 0.356 e. The average molecular weight is 266 g/mol. The summed E-state index contributed by atoms with van der Waals surface area (Å²) < 4.78 is 0. The van der Waals surface area contributed by atoms with Crippen molar-refractivity contribution in [2.75, 3.05) is 5.32 Å². The summed E-state index contributed by atoms with van der Waals surface area (Å²) in [6, 6.07) is 0. The highest BCUT2D eigenvalue weighted by Crippen LogP contribution is 2.23. The molecular formula is C10H10N4O3S. The SMILES string of the molecule is CC(=O)c1sc(NCc2ncc[nH]2)nc1C(=O)O. The zero-order valence-electron chi connectivity index (χ0n) is 9.43. The Morgan fingerprint density at radius 2 is 2.33 bits per heavy atom. The number of carboxylic acids is 1. The maximum Gasteiger partial charge on any atom is 0.356 e. The van der Waals surface area contributed by atoms with Crippen LogP contribution in [0.3, 0.4) is 0 Å². The fourth-order valence-corrected chi connectivity index (χ4v) is 2.18. The van der Waals surface area contributed by atoms with Gasteiger partial charge in [-0.1, -0.05) is 11.3 Å². The van der Waals surface area contributed by atoms with Crippen LogP contribution in [-0.4, -0.2) is 31.8 Å². The summed E-state index contributed by atoms with van der Waals surface area (Å²) in [6.07, 6.45) is 3.30. The maximum atomic E-state index is 11.3. The minimum absolute atomic E-state index is 0.143. The highest BCUT2D eigenvalue weighted by atomic mass is 32.1. The first kappa shape index (κ1) is 12.2. The molecule has 2 aromatic heterocycles. The van der Waals surface area contributed by atoms with Gasteiger partial charge in [0.2, 0.25) is 0 Å². The lowest BCUT2D eigenvalue weighted by Crippen LogP contribution is -2.04. The van der Waals surface area contributed by atoms with Crippen molar-refractivity contribution in [2.45, 2.75) is 13.5 Å². The van der Waals surface area contributed by atoms with E-state index in [0.717, 1.165) is 11.3 Å². The summed E-state index contributed by atoms with van der Waals surface area (Å²) in [6.45, 7) is 1.70. The molecule has 94 valence electrons. The first-order chi connectivity index (χ1) is 8.58. The molecule has 3 N–H and O–H groups in total. The molecule has 0 aliphatic carbocycles. The molecule has 0 saturated carbocycles. The van der Waals surface area contributed by atoms with Crippen molar-refractivity contribution in [1.82, 2.24) is 15.0 Å². The number of carbonyl (C=O) groups excluding carboxylic acids is 1. The number of carbonyl (C=O) groups is 2. The molecule has 0 unspecified atom stereocenters. The number of aromatic carboxylic acids is 1. The third-order valence-electron chi connectivity index (χ3n) is 2.11. The summed E-state index contributed by atoms with van der Waals surface area (Å²) in [4.78, 5) is 33.1. The normalized spacial score (nSPS) is 10.3. The van der Waals surface area contributed by atoms with Gasteiger partial charge in [0.1, 0.15) is 10.7 Å². The van der Waals surface area contributed by atoms with E-state index in [9.17, 15) is 9.59 Å². The van der Waals surface area contributed by atoms with Crippen molar-refractivity contribution in [3.63, 3.8) is 0 Å². The Balaban J connectivity index is 2.16. The number of anilines is 1. The minimum Gasteiger partial charge on any atom is -0.476 e. The van der Waals surface area contributed by atoms with Crippen LogP contribution in [-0.2, 0) is 6.54 Å². The number of nitrogens with zero attached hydrogens (tertiary/aromatic N) is 2. The topological polar surface area (TPSA) is 108 Å². The Hall–Kier alpha value is -2.22. The quantitative estimate of drug-likeness (QED) is 0.705. The maximum absolute atomic E-state index is 11.3. The lowest BCUT2D eigenvalue weighted by atomic mass is 10.3. The van der Waals surface area contributed by atoms with E-state index in [0.29, 0.717) is 17.5 Å². The molecule has 0 amide bonds. The molecule has 0 aliphatic rings. The number of H-pyrrole nitrogens is 1. The third-order valence-corrected chi connectivity index (χ3v) is 3.23. The molecule has 0 saturated heterocycles. The summed E-state index contributed by atoms with van der Waals surface area (Å²) in [7, 11) is 0. The largest absolute Gasteiger partial charge is 0.476 e. The first-order valence-electron chi connectivity index (χ1n) is 5.05. The second kappa shape index (κ2) is 4.96. The van der Waals surface area contributed by atoms with Crippen molar-refractivity contribution >= 4 is 28.2 Å². The van der Waals surface area contributed by atoms with E-state index in [1.165, 1.54) is 6.92 Å². The van der Waals surface area contributed by atoms with Crippen LogP contribution in [0.2, 0.25) is 0 Å². The van der Waals surface area contributed by atoms with Crippen LogP contribution in [0, 0.1) is 0 Å². The number of ketones is 1. The van der Waals surface area contributed by atoms with E-state index in [4.69, 9.17) is 5.11 Å². The molecule has 7 nitrogen and oxygen atoms in total. The predicted octanol–water partition coefficient (Wildman–Crippen LogP) is 1.38. The predicted molar refractivity (Wildman–Crippen MR) is 65.0 cm³/mol. The number of Topliss-reactive ketones (excluding diaryl/α,β-unsaturated/α-hetero) is 1. The van der Waals surface area contributed by atoms with Gasteiger partial charge in [0.25, 0.3) is 0 Å². The second-order valence-corrected chi connectivity index (χ2v) is 4.45. The molecule has 0 spiro atoms. The van der Waals surface area contributed by atoms with Crippen molar-refractivity contribution in [3.05, 3.63) is 28.8 Å². The lowest BCUT2D eigenvalue weighted by Gasteiger charge is -1.97. The van der Waals surface area contributed by atoms with E-state index in [1.807, 2.05) is 0 Å². The van der Waals surface area contributed by atoms with Gasteiger partial charge in [-0.15, -0.1) is 0 Å². The lowest BCUT2D eigenvalue weighted by molar-refractivity contribution is 0.0687. The van der Waals surface area contributed by atoms with Crippen LogP contribution in [0.25, 0.3) is 0 Å². The van der Waals surface area contributed by atoms with E-state index < -0.39 is 5.97 Å². The van der Waals surface area contributed by atoms with E-state index >= 15 is 0 Å². The van der Waals surface area contributed by atoms with E-state index in [2.05, 4.69) is 20.3 Å². The Bertz CT molecular complexity index is 544. The minimum atomic E-state index is -1.21. The molecule has 0 atom stereocenters. The summed E-state index contributed by atoms with van der Waals surface area (Å²) in [5.41, 5.74) is -0.213. The number of hydrogen-bond donors (Lipinski definition) is 3. The molecule has 2 aromatic rings. The van der Waals surface area contributed by atoms with E-state index in [1.54, 1.807) is 12.4 Å². The fourth-order valence-electron chi connectivity index (χ4n) is 1.33. The van der Waals surface area contributed by atoms with Crippen LogP contribution in [0.1, 0.15) is 32.9 Å². The zero-order chi connectivity index (χ0) is 13.1. The number of hydrogen-bond acceptors (Lipinski definition) is 6. The first-order valence-corrected chi connectivity index (χ1v) is 5.86. The van der Waals surface area contributed by atoms with Gasteiger partial charge in [-0.25, -0.2) is 14.8 Å². The van der Waals surface area contributed by atoms with Crippen molar-refractivity contribution < 1.29 is 14.7 Å². The van der Waals surface area contributed by atoms with Crippen molar-refractivity contribution in [1.29, 1.82) is 0 Å². The highest BCUT2D eigenvalue weighted by molar-refractivity contribution is 7.17.